The van der Waals surface area contributed by atoms with Gasteiger partial charge in [0.15, 0.2) is 0 Å². The van der Waals surface area contributed by atoms with Crippen LogP contribution in [-0.2, 0) is 6.18 Å². The van der Waals surface area contributed by atoms with Gasteiger partial charge in [0.25, 0.3) is 0 Å². The molecule has 0 radical (unpaired) electrons. The first-order valence-electron chi connectivity index (χ1n) is 6.50. The molecule has 0 saturated carbocycles. The van der Waals surface area contributed by atoms with Crippen molar-refractivity contribution in [2.75, 3.05) is 5.32 Å². The van der Waals surface area contributed by atoms with Crippen LogP contribution in [0.2, 0.25) is 0 Å². The third-order valence-electron chi connectivity index (χ3n) is 3.23. The van der Waals surface area contributed by atoms with E-state index in [-0.39, 0.29) is 11.8 Å². The van der Waals surface area contributed by atoms with Gasteiger partial charge in [-0.2, -0.15) is 13.2 Å². The first-order chi connectivity index (χ1) is 9.77. The molecule has 0 bridgehead atoms. The molecule has 0 fully saturated rings. The van der Waals surface area contributed by atoms with Crippen LogP contribution in [0.4, 0.5) is 18.9 Å². The summed E-state index contributed by atoms with van der Waals surface area (Å²) in [5, 5.41) is 12.9. The molecule has 0 spiro atoms. The van der Waals surface area contributed by atoms with Gasteiger partial charge in [-0.3, -0.25) is 0 Å². The number of alkyl halides is 3. The summed E-state index contributed by atoms with van der Waals surface area (Å²) < 4.78 is 38.0. The fourth-order valence-corrected chi connectivity index (χ4v) is 2.13. The van der Waals surface area contributed by atoms with Crippen LogP contribution in [0.5, 0.6) is 5.75 Å². The Labute approximate surface area is 121 Å². The highest BCUT2D eigenvalue weighted by molar-refractivity contribution is 5.50. The number of phenols is 1. The van der Waals surface area contributed by atoms with Gasteiger partial charge in [-0.25, -0.2) is 0 Å². The van der Waals surface area contributed by atoms with Crippen LogP contribution < -0.4 is 5.32 Å². The molecule has 0 aliphatic heterocycles. The minimum Gasteiger partial charge on any atom is -0.508 e. The fraction of sp³-hybridized carbons (Fsp3) is 0.250. The van der Waals surface area contributed by atoms with Crippen molar-refractivity contribution < 1.29 is 18.3 Å². The number of anilines is 1. The molecule has 0 aliphatic rings. The largest absolute Gasteiger partial charge is 0.508 e. The Bertz CT molecular complexity index is 638. The molecule has 2 rings (SSSR count). The van der Waals surface area contributed by atoms with Crippen molar-refractivity contribution >= 4 is 5.69 Å². The molecule has 0 heterocycles. The molecule has 1 atom stereocenters. The summed E-state index contributed by atoms with van der Waals surface area (Å²) in [7, 11) is 0. The van der Waals surface area contributed by atoms with Gasteiger partial charge in [-0.15, -0.1) is 0 Å². The molecular formula is C16H16F3NO. The van der Waals surface area contributed by atoms with Crippen LogP contribution >= 0.6 is 0 Å². The maximum atomic E-state index is 12.7. The summed E-state index contributed by atoms with van der Waals surface area (Å²) in [5.74, 6) is 0.127. The molecule has 2 aromatic carbocycles. The molecule has 2 aromatic rings. The average Bonchev–Trinajstić information content (AvgIpc) is 2.37. The van der Waals surface area contributed by atoms with E-state index in [0.29, 0.717) is 11.3 Å². The smallest absolute Gasteiger partial charge is 0.416 e. The third kappa shape index (κ3) is 3.68. The first-order valence-corrected chi connectivity index (χ1v) is 6.50. The van der Waals surface area contributed by atoms with E-state index in [0.717, 1.165) is 17.7 Å². The standard InChI is InChI=1S/C16H16F3NO/c1-10-6-7-14(15(21)8-10)11(2)20-13-5-3-4-12(9-13)16(17,18)19/h3-9,11,20-21H,1-2H3. The zero-order valence-electron chi connectivity index (χ0n) is 11.7. The van der Waals surface area contributed by atoms with Crippen molar-refractivity contribution in [1.82, 2.24) is 0 Å². The van der Waals surface area contributed by atoms with E-state index in [1.54, 1.807) is 25.1 Å². The Hall–Kier alpha value is -2.17. The Kier molecular flexibility index (Phi) is 4.11. The van der Waals surface area contributed by atoms with E-state index < -0.39 is 11.7 Å². The predicted molar refractivity (Wildman–Crippen MR) is 76.3 cm³/mol. The number of rotatable bonds is 3. The number of phenolic OH excluding ortho intramolecular Hbond substituents is 1. The van der Waals surface area contributed by atoms with Crippen molar-refractivity contribution in [1.29, 1.82) is 0 Å². The van der Waals surface area contributed by atoms with Crippen molar-refractivity contribution in [3.05, 3.63) is 59.2 Å². The van der Waals surface area contributed by atoms with Crippen LogP contribution in [0.1, 0.15) is 29.7 Å². The molecule has 112 valence electrons. The lowest BCUT2D eigenvalue weighted by Gasteiger charge is -2.18. The van der Waals surface area contributed by atoms with Gasteiger partial charge in [-0.05, 0) is 43.7 Å². The number of benzene rings is 2. The minimum atomic E-state index is -4.37. The molecule has 5 heteroatoms. The van der Waals surface area contributed by atoms with Crippen molar-refractivity contribution in [2.45, 2.75) is 26.1 Å². The van der Waals surface area contributed by atoms with E-state index in [1.807, 2.05) is 13.0 Å². The van der Waals surface area contributed by atoms with Gasteiger partial charge in [0.2, 0.25) is 0 Å². The second-order valence-electron chi connectivity index (χ2n) is 5.01. The monoisotopic (exact) mass is 295 g/mol. The average molecular weight is 295 g/mol. The molecule has 2 N–H and O–H groups in total. The number of nitrogens with one attached hydrogen (secondary N) is 1. The Morgan fingerprint density at radius 3 is 2.43 bits per heavy atom. The van der Waals surface area contributed by atoms with Gasteiger partial charge < -0.3 is 10.4 Å². The molecular weight excluding hydrogens is 279 g/mol. The van der Waals surface area contributed by atoms with Gasteiger partial charge in [0.1, 0.15) is 5.75 Å². The predicted octanol–water partition coefficient (Wildman–Crippen LogP) is 4.89. The normalized spacial score (nSPS) is 13.0. The lowest BCUT2D eigenvalue weighted by Crippen LogP contribution is -2.09. The number of halogens is 3. The zero-order chi connectivity index (χ0) is 15.6. The lowest BCUT2D eigenvalue weighted by atomic mass is 10.0. The summed E-state index contributed by atoms with van der Waals surface area (Å²) >= 11 is 0. The first kappa shape index (κ1) is 15.2. The SMILES string of the molecule is Cc1ccc(C(C)Nc2cccc(C(F)(F)F)c2)c(O)c1. The number of aryl methyl sites for hydroxylation is 1. The topological polar surface area (TPSA) is 32.3 Å². The van der Waals surface area contributed by atoms with E-state index in [4.69, 9.17) is 0 Å². The number of hydrogen-bond acceptors (Lipinski definition) is 2. The highest BCUT2D eigenvalue weighted by Crippen LogP contribution is 2.32. The second-order valence-corrected chi connectivity index (χ2v) is 5.01. The van der Waals surface area contributed by atoms with Crippen molar-refractivity contribution in [3.8, 4) is 5.75 Å². The summed E-state index contributed by atoms with van der Waals surface area (Å²) in [5.41, 5.74) is 1.21. The van der Waals surface area contributed by atoms with Gasteiger partial charge in [-0.1, -0.05) is 18.2 Å². The minimum absolute atomic E-state index is 0.127. The lowest BCUT2D eigenvalue weighted by molar-refractivity contribution is -0.137. The maximum Gasteiger partial charge on any atom is 0.416 e. The van der Waals surface area contributed by atoms with Crippen LogP contribution in [0.3, 0.4) is 0 Å². The van der Waals surface area contributed by atoms with Gasteiger partial charge >= 0.3 is 6.18 Å². The van der Waals surface area contributed by atoms with E-state index >= 15 is 0 Å². The van der Waals surface area contributed by atoms with Crippen molar-refractivity contribution in [2.24, 2.45) is 0 Å². The Morgan fingerprint density at radius 1 is 1.10 bits per heavy atom. The summed E-state index contributed by atoms with van der Waals surface area (Å²) in [6.07, 6.45) is -4.37. The quantitative estimate of drug-likeness (QED) is 0.844. The highest BCUT2D eigenvalue weighted by atomic mass is 19.4. The molecule has 1 unspecified atom stereocenters. The maximum absolute atomic E-state index is 12.7. The molecule has 0 saturated heterocycles. The number of hydrogen-bond donors (Lipinski definition) is 2. The fourth-order valence-electron chi connectivity index (χ4n) is 2.13. The Morgan fingerprint density at radius 2 is 1.81 bits per heavy atom. The number of aromatic hydroxyl groups is 1. The molecule has 21 heavy (non-hydrogen) atoms. The van der Waals surface area contributed by atoms with E-state index in [2.05, 4.69) is 5.32 Å². The van der Waals surface area contributed by atoms with Gasteiger partial charge in [0, 0.05) is 11.3 Å². The molecule has 0 amide bonds. The molecule has 0 aliphatic carbocycles. The van der Waals surface area contributed by atoms with Crippen molar-refractivity contribution in [3.63, 3.8) is 0 Å². The van der Waals surface area contributed by atoms with E-state index in [1.165, 1.54) is 6.07 Å². The van der Waals surface area contributed by atoms with Crippen LogP contribution in [0.15, 0.2) is 42.5 Å². The molecule has 2 nitrogen and oxygen atoms in total. The van der Waals surface area contributed by atoms with Crippen LogP contribution in [0, 0.1) is 6.92 Å². The van der Waals surface area contributed by atoms with Crippen LogP contribution in [0.25, 0.3) is 0 Å². The van der Waals surface area contributed by atoms with E-state index in [9.17, 15) is 18.3 Å². The zero-order valence-corrected chi connectivity index (χ0v) is 11.7. The molecule has 0 aromatic heterocycles. The summed E-state index contributed by atoms with van der Waals surface area (Å²) in [6, 6.07) is 9.92. The second kappa shape index (κ2) is 5.68. The third-order valence-corrected chi connectivity index (χ3v) is 3.23. The summed E-state index contributed by atoms with van der Waals surface area (Å²) in [4.78, 5) is 0. The Balaban J connectivity index is 2.21. The highest BCUT2D eigenvalue weighted by Gasteiger charge is 2.30. The van der Waals surface area contributed by atoms with Crippen LogP contribution in [-0.4, -0.2) is 5.11 Å². The summed E-state index contributed by atoms with van der Waals surface area (Å²) in [6.45, 7) is 3.64. The van der Waals surface area contributed by atoms with Gasteiger partial charge in [0.05, 0.1) is 11.6 Å².